The molecule has 1 aliphatic heterocycles. The second-order valence-corrected chi connectivity index (χ2v) is 6.15. The number of aryl methyl sites for hydroxylation is 3. The number of nitrogens with zero attached hydrogens (tertiary/aromatic N) is 5. The van der Waals surface area contributed by atoms with Gasteiger partial charge in [0.25, 0.3) is 5.91 Å². The maximum Gasteiger partial charge on any atom is 0.257 e. The van der Waals surface area contributed by atoms with Gasteiger partial charge >= 0.3 is 0 Å². The molecule has 0 bridgehead atoms. The van der Waals surface area contributed by atoms with Crippen molar-refractivity contribution in [2.24, 2.45) is 0 Å². The second kappa shape index (κ2) is 6.48. The fraction of sp³-hybridized carbons (Fsp3) is 0.529. The molecular formula is C17H23N5O. The number of carbonyl (C=O) groups is 1. The molecule has 0 unspecified atom stereocenters. The molecule has 1 fully saturated rings. The van der Waals surface area contributed by atoms with Crippen LogP contribution in [0.2, 0.25) is 0 Å². The molecule has 0 spiro atoms. The number of amides is 1. The van der Waals surface area contributed by atoms with Crippen LogP contribution in [-0.2, 0) is 6.42 Å². The summed E-state index contributed by atoms with van der Waals surface area (Å²) in [5.41, 5.74) is 2.66. The van der Waals surface area contributed by atoms with Crippen molar-refractivity contribution in [3.8, 4) is 0 Å². The molecule has 0 atom stereocenters. The van der Waals surface area contributed by atoms with Gasteiger partial charge in [0.1, 0.15) is 5.82 Å². The number of carbonyl (C=O) groups excluding carboxylic acids is 1. The van der Waals surface area contributed by atoms with Gasteiger partial charge in [0, 0.05) is 25.5 Å². The summed E-state index contributed by atoms with van der Waals surface area (Å²) >= 11 is 0. The summed E-state index contributed by atoms with van der Waals surface area (Å²) in [6.45, 7) is 7.42. The number of piperidine rings is 1. The van der Waals surface area contributed by atoms with Crippen molar-refractivity contribution >= 4 is 5.91 Å². The largest absolute Gasteiger partial charge is 0.338 e. The molecule has 0 aromatic carbocycles. The van der Waals surface area contributed by atoms with Crippen LogP contribution in [-0.4, -0.2) is 43.6 Å². The van der Waals surface area contributed by atoms with Crippen LogP contribution in [0, 0.1) is 13.8 Å². The fourth-order valence-electron chi connectivity index (χ4n) is 3.10. The lowest BCUT2D eigenvalue weighted by Crippen LogP contribution is -2.39. The minimum absolute atomic E-state index is 0.0527. The zero-order valence-electron chi connectivity index (χ0n) is 14.0. The van der Waals surface area contributed by atoms with Gasteiger partial charge in [-0.25, -0.2) is 9.97 Å². The van der Waals surface area contributed by atoms with E-state index in [9.17, 15) is 4.79 Å². The van der Waals surface area contributed by atoms with Gasteiger partial charge < -0.3 is 4.90 Å². The Hall–Kier alpha value is -2.24. The van der Waals surface area contributed by atoms with E-state index < -0.39 is 0 Å². The number of aromatic nitrogens is 4. The maximum absolute atomic E-state index is 12.8. The number of rotatable bonds is 3. The van der Waals surface area contributed by atoms with E-state index in [0.717, 1.165) is 38.0 Å². The van der Waals surface area contributed by atoms with Crippen LogP contribution >= 0.6 is 0 Å². The topological polar surface area (TPSA) is 63.9 Å². The Balaban J connectivity index is 1.69. The molecular weight excluding hydrogens is 290 g/mol. The summed E-state index contributed by atoms with van der Waals surface area (Å²) in [4.78, 5) is 23.3. The number of likely N-dealkylation sites (tertiary alicyclic amines) is 1. The van der Waals surface area contributed by atoms with E-state index in [2.05, 4.69) is 21.3 Å². The van der Waals surface area contributed by atoms with Crippen LogP contribution in [0.5, 0.6) is 0 Å². The van der Waals surface area contributed by atoms with Crippen molar-refractivity contribution in [1.29, 1.82) is 0 Å². The Morgan fingerprint density at radius 3 is 2.61 bits per heavy atom. The second-order valence-electron chi connectivity index (χ2n) is 6.15. The lowest BCUT2D eigenvalue weighted by molar-refractivity contribution is 0.0687. The predicted molar refractivity (Wildman–Crippen MR) is 87.3 cm³/mol. The molecule has 0 radical (unpaired) electrons. The molecule has 0 saturated carbocycles. The summed E-state index contributed by atoms with van der Waals surface area (Å²) < 4.78 is 2.03. The zero-order chi connectivity index (χ0) is 16.4. The Kier molecular flexibility index (Phi) is 4.41. The van der Waals surface area contributed by atoms with E-state index >= 15 is 0 Å². The van der Waals surface area contributed by atoms with Crippen LogP contribution < -0.4 is 0 Å². The van der Waals surface area contributed by atoms with E-state index in [1.165, 1.54) is 5.56 Å². The molecule has 3 rings (SSSR count). The third kappa shape index (κ3) is 3.25. The van der Waals surface area contributed by atoms with Crippen LogP contribution in [0.3, 0.4) is 0 Å². The van der Waals surface area contributed by atoms with E-state index in [0.29, 0.717) is 17.4 Å². The average molecular weight is 313 g/mol. The van der Waals surface area contributed by atoms with Gasteiger partial charge in [0.05, 0.1) is 23.5 Å². The maximum atomic E-state index is 12.8. The van der Waals surface area contributed by atoms with Crippen molar-refractivity contribution in [1.82, 2.24) is 24.6 Å². The summed E-state index contributed by atoms with van der Waals surface area (Å²) in [6, 6.07) is 0.382. The standard InChI is InChI=1S/C17H23N5O/c1-4-16-15(10-18-13(3)20-16)17(23)21-7-5-14(6-8-21)22-11-12(2)9-19-22/h9-11,14H,4-8H2,1-3H3. The molecule has 122 valence electrons. The smallest absolute Gasteiger partial charge is 0.257 e. The van der Waals surface area contributed by atoms with Crippen molar-refractivity contribution in [3.05, 3.63) is 41.2 Å². The molecule has 0 N–H and O–H groups in total. The molecule has 6 heteroatoms. The Morgan fingerprint density at radius 2 is 2.00 bits per heavy atom. The average Bonchev–Trinajstić information content (AvgIpc) is 3.00. The molecule has 1 amide bonds. The highest BCUT2D eigenvalue weighted by Crippen LogP contribution is 2.23. The lowest BCUT2D eigenvalue weighted by Gasteiger charge is -2.32. The molecule has 6 nitrogen and oxygen atoms in total. The predicted octanol–water partition coefficient (Wildman–Crippen LogP) is 2.33. The molecule has 1 saturated heterocycles. The van der Waals surface area contributed by atoms with Crippen molar-refractivity contribution in [2.75, 3.05) is 13.1 Å². The molecule has 2 aromatic heterocycles. The lowest BCUT2D eigenvalue weighted by atomic mass is 10.0. The Labute approximate surface area is 136 Å². The van der Waals surface area contributed by atoms with Crippen molar-refractivity contribution < 1.29 is 4.79 Å². The summed E-state index contributed by atoms with van der Waals surface area (Å²) in [7, 11) is 0. The first-order chi connectivity index (χ1) is 11.1. The molecule has 1 aliphatic rings. The molecule has 3 heterocycles. The van der Waals surface area contributed by atoms with Gasteiger partial charge in [-0.15, -0.1) is 0 Å². The Morgan fingerprint density at radius 1 is 1.26 bits per heavy atom. The molecule has 2 aromatic rings. The highest BCUT2D eigenvalue weighted by molar-refractivity contribution is 5.95. The summed E-state index contributed by atoms with van der Waals surface area (Å²) in [5, 5.41) is 4.40. The summed E-state index contributed by atoms with van der Waals surface area (Å²) in [6.07, 6.45) is 8.24. The van der Waals surface area contributed by atoms with Crippen LogP contribution in [0.25, 0.3) is 0 Å². The third-order valence-corrected chi connectivity index (χ3v) is 4.41. The van der Waals surface area contributed by atoms with Gasteiger partial charge in [-0.2, -0.15) is 5.10 Å². The van der Waals surface area contributed by atoms with Gasteiger partial charge in [-0.1, -0.05) is 6.92 Å². The highest BCUT2D eigenvalue weighted by atomic mass is 16.2. The van der Waals surface area contributed by atoms with Crippen LogP contribution in [0.15, 0.2) is 18.6 Å². The first-order valence-corrected chi connectivity index (χ1v) is 8.21. The van der Waals surface area contributed by atoms with Crippen molar-refractivity contribution in [2.45, 2.75) is 46.1 Å². The zero-order valence-corrected chi connectivity index (χ0v) is 14.0. The van der Waals surface area contributed by atoms with Gasteiger partial charge in [0.15, 0.2) is 0 Å². The first-order valence-electron chi connectivity index (χ1n) is 8.21. The van der Waals surface area contributed by atoms with E-state index in [1.807, 2.05) is 36.5 Å². The SMILES string of the molecule is CCc1nc(C)ncc1C(=O)N1CCC(n2cc(C)cn2)CC1. The number of hydrogen-bond acceptors (Lipinski definition) is 4. The van der Waals surface area contributed by atoms with Gasteiger partial charge in [-0.05, 0) is 38.7 Å². The van der Waals surface area contributed by atoms with Crippen molar-refractivity contribution in [3.63, 3.8) is 0 Å². The molecule has 23 heavy (non-hydrogen) atoms. The Bertz CT molecular complexity index is 701. The van der Waals surface area contributed by atoms with E-state index in [-0.39, 0.29) is 5.91 Å². The monoisotopic (exact) mass is 313 g/mol. The molecule has 0 aliphatic carbocycles. The van der Waals surface area contributed by atoms with E-state index in [1.54, 1.807) is 6.20 Å². The van der Waals surface area contributed by atoms with Gasteiger partial charge in [0.2, 0.25) is 0 Å². The minimum Gasteiger partial charge on any atom is -0.338 e. The highest BCUT2D eigenvalue weighted by Gasteiger charge is 2.26. The van der Waals surface area contributed by atoms with Crippen LogP contribution in [0.1, 0.15) is 53.2 Å². The fourth-order valence-corrected chi connectivity index (χ4v) is 3.10. The third-order valence-electron chi connectivity index (χ3n) is 4.41. The quantitative estimate of drug-likeness (QED) is 0.872. The van der Waals surface area contributed by atoms with Crippen LogP contribution in [0.4, 0.5) is 0 Å². The summed E-state index contributed by atoms with van der Waals surface area (Å²) in [5.74, 6) is 0.767. The van der Waals surface area contributed by atoms with E-state index in [4.69, 9.17) is 0 Å². The first kappa shape index (κ1) is 15.6. The normalized spacial score (nSPS) is 15.9. The number of hydrogen-bond donors (Lipinski definition) is 0. The van der Waals surface area contributed by atoms with Gasteiger partial charge in [-0.3, -0.25) is 9.48 Å². The minimum atomic E-state index is 0.0527.